The molecule has 2 atom stereocenters. The van der Waals surface area contributed by atoms with Gasteiger partial charge in [-0.1, -0.05) is 22.0 Å². The van der Waals surface area contributed by atoms with Crippen LogP contribution in [0.15, 0.2) is 22.7 Å². The molecule has 2 rings (SSSR count). The third-order valence-corrected chi connectivity index (χ3v) is 3.88. The van der Waals surface area contributed by atoms with E-state index in [4.69, 9.17) is 9.47 Å². The average molecular weight is 317 g/mol. The van der Waals surface area contributed by atoms with E-state index in [0.717, 1.165) is 22.9 Å². The molecule has 100 valence electrons. The monoisotopic (exact) mass is 316 g/mol. The smallest absolute Gasteiger partial charge is 0.124 e. The van der Waals surface area contributed by atoms with Crippen molar-refractivity contribution in [2.45, 2.75) is 51.6 Å². The molecule has 1 aromatic rings. The second-order valence-corrected chi connectivity index (χ2v) is 5.75. The highest BCUT2D eigenvalue weighted by atomic mass is 79.9. The summed E-state index contributed by atoms with van der Waals surface area (Å²) in [6, 6.07) is 4.68. The third-order valence-electron chi connectivity index (χ3n) is 3.14. The summed E-state index contributed by atoms with van der Waals surface area (Å²) in [4.78, 5) is 0. The van der Waals surface area contributed by atoms with Crippen LogP contribution < -0.4 is 0 Å². The van der Waals surface area contributed by atoms with Gasteiger partial charge in [0.2, 0.25) is 0 Å². The van der Waals surface area contributed by atoms with Crippen LogP contribution in [0.1, 0.15) is 32.3 Å². The van der Waals surface area contributed by atoms with Crippen LogP contribution in [0.25, 0.3) is 0 Å². The first-order valence-corrected chi connectivity index (χ1v) is 7.05. The third kappa shape index (κ3) is 3.77. The number of halogens is 2. The summed E-state index contributed by atoms with van der Waals surface area (Å²) in [6.07, 6.45) is 2.55. The van der Waals surface area contributed by atoms with Gasteiger partial charge < -0.3 is 9.47 Å². The minimum Gasteiger partial charge on any atom is -0.375 e. The van der Waals surface area contributed by atoms with E-state index in [2.05, 4.69) is 29.8 Å². The summed E-state index contributed by atoms with van der Waals surface area (Å²) in [5.74, 6) is -0.237. The van der Waals surface area contributed by atoms with Gasteiger partial charge in [-0.3, -0.25) is 0 Å². The van der Waals surface area contributed by atoms with Crippen LogP contribution >= 0.6 is 15.9 Å². The van der Waals surface area contributed by atoms with Gasteiger partial charge in [-0.05, 0) is 44.4 Å². The maximum atomic E-state index is 13.0. The van der Waals surface area contributed by atoms with Gasteiger partial charge in [0.1, 0.15) is 5.82 Å². The van der Waals surface area contributed by atoms with Crippen LogP contribution in [0.3, 0.4) is 0 Å². The van der Waals surface area contributed by atoms with Crippen molar-refractivity contribution in [3.05, 3.63) is 34.1 Å². The Morgan fingerprint density at radius 1 is 1.33 bits per heavy atom. The topological polar surface area (TPSA) is 18.5 Å². The maximum absolute atomic E-state index is 13.0. The van der Waals surface area contributed by atoms with Crippen LogP contribution in [0, 0.1) is 5.82 Å². The van der Waals surface area contributed by atoms with E-state index in [1.54, 1.807) is 6.07 Å². The first-order valence-electron chi connectivity index (χ1n) is 6.25. The second kappa shape index (κ2) is 6.13. The zero-order valence-corrected chi connectivity index (χ0v) is 12.2. The molecule has 0 aromatic heterocycles. The Kier molecular flexibility index (Phi) is 4.76. The van der Waals surface area contributed by atoms with Crippen LogP contribution in [0.2, 0.25) is 0 Å². The number of hydrogen-bond acceptors (Lipinski definition) is 2. The molecular weight excluding hydrogens is 299 g/mol. The van der Waals surface area contributed by atoms with Gasteiger partial charge in [-0.25, -0.2) is 4.39 Å². The molecule has 1 saturated heterocycles. The van der Waals surface area contributed by atoms with E-state index in [9.17, 15) is 4.39 Å². The van der Waals surface area contributed by atoms with Crippen molar-refractivity contribution in [3.8, 4) is 0 Å². The largest absolute Gasteiger partial charge is 0.375 e. The number of rotatable bonds is 3. The van der Waals surface area contributed by atoms with Gasteiger partial charge >= 0.3 is 0 Å². The molecule has 0 radical (unpaired) electrons. The van der Waals surface area contributed by atoms with Crippen LogP contribution in [-0.4, -0.2) is 18.3 Å². The van der Waals surface area contributed by atoms with Crippen molar-refractivity contribution < 1.29 is 13.9 Å². The normalized spacial score (nSPS) is 28.3. The molecule has 0 spiro atoms. The molecule has 0 amide bonds. The summed E-state index contributed by atoms with van der Waals surface area (Å²) in [7, 11) is 0. The Morgan fingerprint density at radius 2 is 2.00 bits per heavy atom. The average Bonchev–Trinajstić information content (AvgIpc) is 2.26. The van der Waals surface area contributed by atoms with Gasteiger partial charge in [-0.15, -0.1) is 0 Å². The molecule has 2 unspecified atom stereocenters. The summed E-state index contributed by atoms with van der Waals surface area (Å²) >= 11 is 3.35. The molecule has 18 heavy (non-hydrogen) atoms. The van der Waals surface area contributed by atoms with Crippen LogP contribution in [-0.2, 0) is 16.1 Å². The first kappa shape index (κ1) is 14.0. The fourth-order valence-electron chi connectivity index (χ4n) is 2.33. The predicted octanol–water partition coefficient (Wildman–Crippen LogP) is 4.06. The number of hydrogen-bond donors (Lipinski definition) is 0. The molecule has 1 aliphatic rings. The molecule has 1 aliphatic heterocycles. The highest BCUT2D eigenvalue weighted by molar-refractivity contribution is 9.10. The van der Waals surface area contributed by atoms with Crippen LogP contribution in [0.4, 0.5) is 4.39 Å². The lowest BCUT2D eigenvalue weighted by Gasteiger charge is -2.32. The number of ether oxygens (including phenoxy) is 2. The molecular formula is C14H18BrFO2. The van der Waals surface area contributed by atoms with E-state index < -0.39 is 0 Å². The van der Waals surface area contributed by atoms with Crippen LogP contribution in [0.5, 0.6) is 0 Å². The highest BCUT2D eigenvalue weighted by Crippen LogP contribution is 2.24. The van der Waals surface area contributed by atoms with Gasteiger partial charge in [-0.2, -0.15) is 0 Å². The Bertz CT molecular complexity index is 401. The highest BCUT2D eigenvalue weighted by Gasteiger charge is 2.24. The zero-order chi connectivity index (χ0) is 13.1. The SMILES string of the molecule is CC1CC(OCc2ccc(F)cc2Br)CC(C)O1. The lowest BCUT2D eigenvalue weighted by Crippen LogP contribution is -2.34. The molecule has 0 N–H and O–H groups in total. The quantitative estimate of drug-likeness (QED) is 0.837. The fraction of sp³-hybridized carbons (Fsp3) is 0.571. The molecule has 0 bridgehead atoms. The van der Waals surface area contributed by atoms with Gasteiger partial charge in [0, 0.05) is 4.47 Å². The first-order chi connectivity index (χ1) is 8.54. The summed E-state index contributed by atoms with van der Waals surface area (Å²) in [5.41, 5.74) is 0.975. The predicted molar refractivity (Wildman–Crippen MR) is 71.9 cm³/mol. The van der Waals surface area contributed by atoms with E-state index in [0.29, 0.717) is 6.61 Å². The Balaban J connectivity index is 1.91. The molecule has 0 saturated carbocycles. The fourth-order valence-corrected chi connectivity index (χ4v) is 2.79. The van der Waals surface area contributed by atoms with Crippen molar-refractivity contribution in [2.75, 3.05) is 0 Å². The Hall–Kier alpha value is -0.450. The van der Waals surface area contributed by atoms with Crippen molar-refractivity contribution in [1.82, 2.24) is 0 Å². The summed E-state index contributed by atoms with van der Waals surface area (Å²) < 4.78 is 25.3. The minimum atomic E-state index is -0.237. The van der Waals surface area contributed by atoms with Crippen molar-refractivity contribution >= 4 is 15.9 Å². The van der Waals surface area contributed by atoms with E-state index >= 15 is 0 Å². The maximum Gasteiger partial charge on any atom is 0.124 e. The standard InChI is InChI=1S/C14H18BrFO2/c1-9-5-13(6-10(2)18-9)17-8-11-3-4-12(16)7-14(11)15/h3-4,7,9-10,13H,5-6,8H2,1-2H3. The van der Waals surface area contributed by atoms with Crippen molar-refractivity contribution in [1.29, 1.82) is 0 Å². The molecule has 2 nitrogen and oxygen atoms in total. The molecule has 1 aromatic carbocycles. The molecule has 0 aliphatic carbocycles. The lowest BCUT2D eigenvalue weighted by molar-refractivity contribution is -0.106. The van der Waals surface area contributed by atoms with E-state index in [-0.39, 0.29) is 24.1 Å². The lowest BCUT2D eigenvalue weighted by atomic mass is 10.0. The Morgan fingerprint density at radius 3 is 2.61 bits per heavy atom. The van der Waals surface area contributed by atoms with Gasteiger partial charge in [0.25, 0.3) is 0 Å². The van der Waals surface area contributed by atoms with Crippen molar-refractivity contribution in [3.63, 3.8) is 0 Å². The zero-order valence-electron chi connectivity index (χ0n) is 10.7. The number of benzene rings is 1. The molecule has 1 fully saturated rings. The second-order valence-electron chi connectivity index (χ2n) is 4.90. The van der Waals surface area contributed by atoms with E-state index in [1.807, 2.05) is 0 Å². The van der Waals surface area contributed by atoms with Gasteiger partial charge in [0.05, 0.1) is 24.9 Å². The van der Waals surface area contributed by atoms with Gasteiger partial charge in [0.15, 0.2) is 0 Å². The summed E-state index contributed by atoms with van der Waals surface area (Å²) in [6.45, 7) is 4.64. The van der Waals surface area contributed by atoms with E-state index in [1.165, 1.54) is 12.1 Å². The Labute approximate surface area is 116 Å². The van der Waals surface area contributed by atoms with Crippen molar-refractivity contribution in [2.24, 2.45) is 0 Å². The molecule has 4 heteroatoms. The minimum absolute atomic E-state index is 0.223. The molecule has 1 heterocycles. The summed E-state index contributed by atoms with van der Waals surface area (Å²) in [5, 5.41) is 0.